The second kappa shape index (κ2) is 7.75. The van der Waals surface area contributed by atoms with E-state index in [1.165, 1.54) is 31.3 Å². The van der Waals surface area contributed by atoms with Gasteiger partial charge >= 0.3 is 0 Å². The van der Waals surface area contributed by atoms with Crippen molar-refractivity contribution in [3.63, 3.8) is 0 Å². The second-order valence-corrected chi connectivity index (χ2v) is 5.71. The highest BCUT2D eigenvalue weighted by atomic mass is 35.5. The van der Waals surface area contributed by atoms with Crippen molar-refractivity contribution >= 4 is 46.3 Å². The molecule has 0 spiro atoms. The Morgan fingerprint density at radius 3 is 2.42 bits per heavy atom. The lowest BCUT2D eigenvalue weighted by Crippen LogP contribution is -2.06. The molecule has 0 saturated carbocycles. The number of anilines is 5. The average molecular weight is 373 g/mol. The first-order chi connectivity index (χ1) is 12.5. The second-order valence-electron chi connectivity index (χ2n) is 5.30. The van der Waals surface area contributed by atoms with Crippen LogP contribution in [0.25, 0.3) is 0 Å². The van der Waals surface area contributed by atoms with Gasteiger partial charge in [0, 0.05) is 24.0 Å². The Balaban J connectivity index is 1.70. The number of benzene rings is 2. The van der Waals surface area contributed by atoms with Gasteiger partial charge in [0.15, 0.2) is 5.82 Å². The molecule has 0 atom stereocenters. The van der Waals surface area contributed by atoms with Gasteiger partial charge in [-0.15, -0.1) is 5.10 Å². The van der Waals surface area contributed by atoms with Crippen molar-refractivity contribution in [3.8, 4) is 0 Å². The fraction of sp³-hybridized carbons (Fsp3) is 0.0588. The fourth-order valence-corrected chi connectivity index (χ4v) is 2.29. The summed E-state index contributed by atoms with van der Waals surface area (Å²) in [6, 6.07) is 11.3. The molecule has 3 N–H and O–H groups in total. The molecule has 132 valence electrons. The van der Waals surface area contributed by atoms with Crippen molar-refractivity contribution in [2.24, 2.45) is 0 Å². The van der Waals surface area contributed by atoms with Crippen molar-refractivity contribution in [1.82, 2.24) is 15.2 Å². The third-order valence-corrected chi connectivity index (χ3v) is 3.50. The largest absolute Gasteiger partial charge is 0.339 e. The summed E-state index contributed by atoms with van der Waals surface area (Å²) in [5, 5.41) is 16.5. The van der Waals surface area contributed by atoms with Crippen molar-refractivity contribution in [2.75, 3.05) is 16.0 Å². The van der Waals surface area contributed by atoms with E-state index in [2.05, 4.69) is 31.1 Å². The third kappa shape index (κ3) is 4.64. The van der Waals surface area contributed by atoms with Crippen LogP contribution in [0.5, 0.6) is 0 Å². The highest BCUT2D eigenvalue weighted by Gasteiger charge is 2.05. The first-order valence-electron chi connectivity index (χ1n) is 7.56. The lowest BCUT2D eigenvalue weighted by Gasteiger charge is -2.09. The molecule has 0 aliphatic carbocycles. The quantitative estimate of drug-likeness (QED) is 0.624. The van der Waals surface area contributed by atoms with Gasteiger partial charge in [-0.05, 0) is 42.5 Å². The number of carbonyl (C=O) groups excluding carboxylic acids is 1. The summed E-state index contributed by atoms with van der Waals surface area (Å²) in [4.78, 5) is 15.3. The van der Waals surface area contributed by atoms with E-state index in [0.29, 0.717) is 17.2 Å². The van der Waals surface area contributed by atoms with E-state index in [1.807, 2.05) is 0 Å². The van der Waals surface area contributed by atoms with Crippen molar-refractivity contribution < 1.29 is 9.18 Å². The molecule has 7 nitrogen and oxygen atoms in total. The standard InChI is InChI=1S/C17H14ClFN6O/c1-10(26)21-11-2-4-12(5-3-11)23-17-24-16(9-20-25-17)22-13-6-7-15(19)14(18)8-13/h2-9H,1H3,(H,21,26)(H2,22,23,24,25). The summed E-state index contributed by atoms with van der Waals surface area (Å²) in [5.74, 6) is 0.0523. The molecule has 3 rings (SSSR count). The van der Waals surface area contributed by atoms with Gasteiger partial charge in [0.2, 0.25) is 11.9 Å². The molecule has 26 heavy (non-hydrogen) atoms. The Kier molecular flexibility index (Phi) is 5.23. The maximum Gasteiger partial charge on any atom is 0.249 e. The van der Waals surface area contributed by atoms with Crippen LogP contribution in [0.2, 0.25) is 5.02 Å². The maximum absolute atomic E-state index is 13.2. The predicted octanol–water partition coefficient (Wildman–Crippen LogP) is 4.11. The van der Waals surface area contributed by atoms with Gasteiger partial charge in [-0.1, -0.05) is 11.6 Å². The number of nitrogens with zero attached hydrogens (tertiary/aromatic N) is 3. The summed E-state index contributed by atoms with van der Waals surface area (Å²) in [6.07, 6.45) is 1.43. The number of rotatable bonds is 5. The number of aromatic nitrogens is 3. The highest BCUT2D eigenvalue weighted by Crippen LogP contribution is 2.22. The van der Waals surface area contributed by atoms with Gasteiger partial charge in [0.1, 0.15) is 5.82 Å². The van der Waals surface area contributed by atoms with E-state index in [-0.39, 0.29) is 16.9 Å². The van der Waals surface area contributed by atoms with Crippen molar-refractivity contribution in [3.05, 3.63) is 59.5 Å². The minimum Gasteiger partial charge on any atom is -0.339 e. The number of nitrogens with one attached hydrogen (secondary N) is 3. The molecule has 0 fully saturated rings. The lowest BCUT2D eigenvalue weighted by atomic mass is 10.3. The maximum atomic E-state index is 13.2. The van der Waals surface area contributed by atoms with E-state index >= 15 is 0 Å². The van der Waals surface area contributed by atoms with Crippen LogP contribution in [0.4, 0.5) is 33.2 Å². The molecule has 0 aliphatic heterocycles. The van der Waals surface area contributed by atoms with E-state index in [0.717, 1.165) is 5.69 Å². The van der Waals surface area contributed by atoms with Crippen molar-refractivity contribution in [1.29, 1.82) is 0 Å². The summed E-state index contributed by atoms with van der Waals surface area (Å²) < 4.78 is 13.2. The minimum absolute atomic E-state index is 0.00891. The Labute approximate surface area is 153 Å². The first-order valence-corrected chi connectivity index (χ1v) is 7.94. The monoisotopic (exact) mass is 372 g/mol. The normalized spacial score (nSPS) is 10.3. The van der Waals surface area contributed by atoms with Gasteiger partial charge in [0.05, 0.1) is 11.2 Å². The fourth-order valence-electron chi connectivity index (χ4n) is 2.11. The summed E-state index contributed by atoms with van der Waals surface area (Å²) in [6.45, 7) is 1.44. The summed E-state index contributed by atoms with van der Waals surface area (Å²) in [7, 11) is 0. The Morgan fingerprint density at radius 1 is 1.04 bits per heavy atom. The number of hydrogen-bond donors (Lipinski definition) is 3. The number of hydrogen-bond acceptors (Lipinski definition) is 6. The van der Waals surface area contributed by atoms with Crippen LogP contribution in [0, 0.1) is 5.82 Å². The van der Waals surface area contributed by atoms with Crippen LogP contribution in [0.1, 0.15) is 6.92 Å². The van der Waals surface area contributed by atoms with Gasteiger partial charge in [-0.25, -0.2) is 4.39 Å². The van der Waals surface area contributed by atoms with Crippen LogP contribution in [-0.4, -0.2) is 21.1 Å². The average Bonchev–Trinajstić information content (AvgIpc) is 2.60. The highest BCUT2D eigenvalue weighted by molar-refractivity contribution is 6.31. The van der Waals surface area contributed by atoms with Crippen LogP contribution in [0.15, 0.2) is 48.7 Å². The molecule has 1 heterocycles. The SMILES string of the molecule is CC(=O)Nc1ccc(Nc2nncc(Nc3ccc(F)c(Cl)c3)n2)cc1. The number of halogens is 2. The first kappa shape index (κ1) is 17.6. The zero-order valence-electron chi connectivity index (χ0n) is 13.6. The van der Waals surface area contributed by atoms with E-state index in [4.69, 9.17) is 11.6 Å². The summed E-state index contributed by atoms with van der Waals surface area (Å²) in [5.41, 5.74) is 1.98. The van der Waals surface area contributed by atoms with Crippen molar-refractivity contribution in [2.45, 2.75) is 6.92 Å². The van der Waals surface area contributed by atoms with Gasteiger partial charge in [-0.3, -0.25) is 4.79 Å². The molecule has 0 aliphatic rings. The van der Waals surface area contributed by atoms with Gasteiger partial charge < -0.3 is 16.0 Å². The molecule has 0 saturated heterocycles. The Morgan fingerprint density at radius 2 is 1.73 bits per heavy atom. The smallest absolute Gasteiger partial charge is 0.249 e. The molecule has 1 amide bonds. The zero-order chi connectivity index (χ0) is 18.5. The molecule has 0 radical (unpaired) electrons. The van der Waals surface area contributed by atoms with Crippen LogP contribution < -0.4 is 16.0 Å². The minimum atomic E-state index is -0.497. The summed E-state index contributed by atoms with van der Waals surface area (Å²) >= 11 is 5.76. The van der Waals surface area contributed by atoms with Gasteiger partial charge in [0.25, 0.3) is 0 Å². The van der Waals surface area contributed by atoms with Crippen LogP contribution >= 0.6 is 11.6 Å². The van der Waals surface area contributed by atoms with E-state index < -0.39 is 5.82 Å². The lowest BCUT2D eigenvalue weighted by molar-refractivity contribution is -0.114. The molecule has 1 aromatic heterocycles. The molecule has 9 heteroatoms. The Hall–Kier alpha value is -3.26. The molecular formula is C17H14ClFN6O. The molecule has 0 bridgehead atoms. The van der Waals surface area contributed by atoms with Crippen LogP contribution in [-0.2, 0) is 4.79 Å². The number of amides is 1. The molecule has 3 aromatic rings. The van der Waals surface area contributed by atoms with E-state index in [1.54, 1.807) is 24.3 Å². The molecular weight excluding hydrogens is 359 g/mol. The Bertz CT molecular complexity index is 935. The number of carbonyl (C=O) groups is 1. The predicted molar refractivity (Wildman–Crippen MR) is 98.5 cm³/mol. The molecule has 2 aromatic carbocycles. The topological polar surface area (TPSA) is 91.8 Å². The third-order valence-electron chi connectivity index (χ3n) is 3.21. The van der Waals surface area contributed by atoms with Gasteiger partial charge in [-0.2, -0.15) is 10.1 Å². The van der Waals surface area contributed by atoms with E-state index in [9.17, 15) is 9.18 Å². The zero-order valence-corrected chi connectivity index (χ0v) is 14.4. The van der Waals surface area contributed by atoms with Crippen LogP contribution in [0.3, 0.4) is 0 Å². The molecule has 0 unspecified atom stereocenters.